The van der Waals surface area contributed by atoms with Gasteiger partial charge in [0.25, 0.3) is 11.6 Å². The van der Waals surface area contributed by atoms with Crippen LogP contribution in [-0.2, 0) is 6.73 Å². The number of rotatable bonds is 10. The van der Waals surface area contributed by atoms with Crippen LogP contribution in [0, 0.1) is 10.1 Å². The lowest BCUT2D eigenvalue weighted by Crippen LogP contribution is -2.42. The van der Waals surface area contributed by atoms with E-state index < -0.39 is 29.6 Å². The number of nitro groups is 1. The van der Waals surface area contributed by atoms with Gasteiger partial charge in [-0.15, -0.1) is 0 Å². The molecule has 10 nitrogen and oxygen atoms in total. The highest BCUT2D eigenvalue weighted by molar-refractivity contribution is 5.92. The average molecular weight is 489 g/mol. The van der Waals surface area contributed by atoms with Crippen molar-refractivity contribution in [3.8, 4) is 16.9 Å². The first-order chi connectivity index (χ1) is 17.4. The molecule has 3 N–H and O–H groups in total. The minimum atomic E-state index is -1.27. The fourth-order valence-electron chi connectivity index (χ4n) is 3.56. The van der Waals surface area contributed by atoms with E-state index in [1.54, 1.807) is 6.20 Å². The Labute approximate surface area is 206 Å². The van der Waals surface area contributed by atoms with E-state index in [1.165, 1.54) is 35.0 Å². The third-order valence-corrected chi connectivity index (χ3v) is 5.54. The molecule has 184 valence electrons. The van der Waals surface area contributed by atoms with Gasteiger partial charge < -0.3 is 20.3 Å². The van der Waals surface area contributed by atoms with Crippen molar-refractivity contribution in [3.63, 3.8) is 0 Å². The van der Waals surface area contributed by atoms with E-state index in [0.717, 1.165) is 11.1 Å². The Hall–Kier alpha value is -4.54. The summed E-state index contributed by atoms with van der Waals surface area (Å²) in [6, 6.07) is 23.3. The van der Waals surface area contributed by atoms with Crippen LogP contribution >= 0.6 is 0 Å². The Morgan fingerprint density at radius 3 is 2.31 bits per heavy atom. The zero-order valence-corrected chi connectivity index (χ0v) is 19.1. The van der Waals surface area contributed by atoms with E-state index in [0.29, 0.717) is 11.3 Å². The topological polar surface area (TPSA) is 140 Å². The van der Waals surface area contributed by atoms with Crippen LogP contribution in [0.15, 0.2) is 91.1 Å². The number of aliphatic hydroxyl groups is 2. The third-order valence-electron chi connectivity index (χ3n) is 5.54. The van der Waals surface area contributed by atoms with Crippen molar-refractivity contribution >= 4 is 11.6 Å². The first-order valence-electron chi connectivity index (χ1n) is 11.1. The van der Waals surface area contributed by atoms with Crippen LogP contribution < -0.4 is 10.1 Å². The maximum atomic E-state index is 12.6. The number of hydrogen-bond donors (Lipinski definition) is 3. The molecule has 0 radical (unpaired) electrons. The van der Waals surface area contributed by atoms with Gasteiger partial charge in [0.2, 0.25) is 0 Å². The maximum Gasteiger partial charge on any atom is 0.272 e. The fourth-order valence-corrected chi connectivity index (χ4v) is 3.56. The highest BCUT2D eigenvalue weighted by Gasteiger charge is 2.24. The lowest BCUT2D eigenvalue weighted by atomic mass is 10.0. The zero-order chi connectivity index (χ0) is 25.5. The number of nitro benzene ring substituents is 1. The number of nitrogens with one attached hydrogen (secondary N) is 1. The highest BCUT2D eigenvalue weighted by atomic mass is 16.6. The Balaban J connectivity index is 1.33. The highest BCUT2D eigenvalue weighted by Crippen LogP contribution is 2.23. The van der Waals surface area contributed by atoms with Crippen molar-refractivity contribution in [1.82, 2.24) is 15.1 Å². The van der Waals surface area contributed by atoms with Gasteiger partial charge in [0.15, 0.2) is 6.73 Å². The van der Waals surface area contributed by atoms with Crippen LogP contribution in [0.25, 0.3) is 11.1 Å². The van der Waals surface area contributed by atoms with E-state index in [4.69, 9.17) is 4.74 Å². The lowest BCUT2D eigenvalue weighted by molar-refractivity contribution is -0.384. The van der Waals surface area contributed by atoms with Gasteiger partial charge >= 0.3 is 0 Å². The number of non-ortho nitro benzene ring substituents is 1. The maximum absolute atomic E-state index is 12.6. The summed E-state index contributed by atoms with van der Waals surface area (Å²) in [5.41, 5.74) is 2.43. The fraction of sp³-hybridized carbons (Fsp3) is 0.154. The monoisotopic (exact) mass is 488 g/mol. The molecule has 2 atom stereocenters. The van der Waals surface area contributed by atoms with Gasteiger partial charge in [-0.25, -0.2) is 4.68 Å². The van der Waals surface area contributed by atoms with Crippen LogP contribution in [0.1, 0.15) is 22.2 Å². The lowest BCUT2D eigenvalue weighted by Gasteiger charge is -2.22. The number of carbonyl (C=O) groups excluding carboxylic acids is 1. The Morgan fingerprint density at radius 2 is 1.67 bits per heavy atom. The molecule has 10 heteroatoms. The molecule has 0 spiro atoms. The number of carbonyl (C=O) groups is 1. The quantitative estimate of drug-likeness (QED) is 0.230. The van der Waals surface area contributed by atoms with Crippen LogP contribution in [0.4, 0.5) is 5.69 Å². The molecule has 0 aliphatic rings. The second kappa shape index (κ2) is 11.3. The summed E-state index contributed by atoms with van der Waals surface area (Å²) in [6.07, 6.45) is 0.303. The predicted octanol–water partition coefficient (Wildman–Crippen LogP) is 3.32. The molecule has 3 aromatic carbocycles. The molecule has 1 aromatic heterocycles. The van der Waals surface area contributed by atoms with Gasteiger partial charge in [0, 0.05) is 18.3 Å². The van der Waals surface area contributed by atoms with Crippen molar-refractivity contribution in [2.45, 2.75) is 18.9 Å². The smallest absolute Gasteiger partial charge is 0.272 e. The number of aliphatic hydroxyl groups excluding tert-OH is 2. The molecule has 1 amide bonds. The number of hydrogen-bond acceptors (Lipinski definition) is 7. The summed E-state index contributed by atoms with van der Waals surface area (Å²) in [5.74, 6) is 0.0451. The van der Waals surface area contributed by atoms with Gasteiger partial charge in [-0.2, -0.15) is 5.10 Å². The first kappa shape index (κ1) is 24.6. The molecule has 0 bridgehead atoms. The van der Waals surface area contributed by atoms with Gasteiger partial charge in [0.05, 0.1) is 17.6 Å². The van der Waals surface area contributed by atoms with Crippen molar-refractivity contribution in [2.24, 2.45) is 0 Å². The number of nitrogens with zero attached hydrogens (tertiary/aromatic N) is 3. The van der Waals surface area contributed by atoms with E-state index in [9.17, 15) is 25.1 Å². The molecule has 0 fully saturated rings. The average Bonchev–Trinajstić information content (AvgIpc) is 3.40. The van der Waals surface area contributed by atoms with Crippen molar-refractivity contribution in [2.75, 3.05) is 6.61 Å². The molecular weight excluding hydrogens is 464 g/mol. The summed E-state index contributed by atoms with van der Waals surface area (Å²) < 4.78 is 7.19. The summed E-state index contributed by atoms with van der Waals surface area (Å²) in [4.78, 5) is 22.9. The Kier molecular flexibility index (Phi) is 7.69. The molecule has 0 saturated heterocycles. The van der Waals surface area contributed by atoms with Crippen molar-refractivity contribution in [3.05, 3.63) is 112 Å². The van der Waals surface area contributed by atoms with E-state index in [2.05, 4.69) is 10.4 Å². The standard InChI is InChI=1S/C26H24N4O6/c31-16-24(25(32)20-6-10-21(11-7-20)30(34)35)27-26(33)23-14-15-29(28-23)17-36-22-12-8-19(9-13-22)18-4-2-1-3-5-18/h1-15,24-25,31-32H,16-17H2,(H,27,33). The molecule has 2 unspecified atom stereocenters. The molecule has 36 heavy (non-hydrogen) atoms. The number of amides is 1. The van der Waals surface area contributed by atoms with Gasteiger partial charge in [-0.1, -0.05) is 42.5 Å². The number of benzene rings is 3. The Bertz CT molecular complexity index is 1310. The van der Waals surface area contributed by atoms with Crippen LogP contribution in [0.5, 0.6) is 5.75 Å². The molecule has 4 rings (SSSR count). The molecule has 0 aliphatic carbocycles. The van der Waals surface area contributed by atoms with Crippen molar-refractivity contribution in [1.29, 1.82) is 0 Å². The van der Waals surface area contributed by atoms with Crippen molar-refractivity contribution < 1.29 is 24.7 Å². The van der Waals surface area contributed by atoms with Crippen LogP contribution in [-0.4, -0.2) is 43.5 Å². The van der Waals surface area contributed by atoms with Gasteiger partial charge in [-0.3, -0.25) is 14.9 Å². The first-order valence-corrected chi connectivity index (χ1v) is 11.1. The molecule has 0 saturated carbocycles. The number of ether oxygens (including phenoxy) is 1. The van der Waals surface area contributed by atoms with Gasteiger partial charge in [-0.05, 0) is 47.0 Å². The summed E-state index contributed by atoms with van der Waals surface area (Å²) in [5, 5.41) is 37.7. The predicted molar refractivity (Wildman–Crippen MR) is 131 cm³/mol. The minimum absolute atomic E-state index is 0.0762. The molecule has 4 aromatic rings. The summed E-state index contributed by atoms with van der Waals surface area (Å²) in [6.45, 7) is -0.473. The van der Waals surface area contributed by atoms with E-state index in [-0.39, 0.29) is 18.1 Å². The zero-order valence-electron chi connectivity index (χ0n) is 19.1. The molecular formula is C26H24N4O6. The van der Waals surface area contributed by atoms with Crippen LogP contribution in [0.3, 0.4) is 0 Å². The molecule has 1 heterocycles. The Morgan fingerprint density at radius 1 is 1.00 bits per heavy atom. The normalized spacial score (nSPS) is 12.5. The summed E-state index contributed by atoms with van der Waals surface area (Å²) in [7, 11) is 0. The van der Waals surface area contributed by atoms with E-state index in [1.807, 2.05) is 54.6 Å². The van der Waals surface area contributed by atoms with Gasteiger partial charge in [0.1, 0.15) is 17.5 Å². The molecule has 0 aliphatic heterocycles. The van der Waals surface area contributed by atoms with Crippen LogP contribution in [0.2, 0.25) is 0 Å². The second-order valence-corrected chi connectivity index (χ2v) is 7.96. The minimum Gasteiger partial charge on any atom is -0.471 e. The largest absolute Gasteiger partial charge is 0.471 e. The number of aromatic nitrogens is 2. The van der Waals surface area contributed by atoms with E-state index >= 15 is 0 Å². The third kappa shape index (κ3) is 5.93. The summed E-state index contributed by atoms with van der Waals surface area (Å²) >= 11 is 0. The SMILES string of the molecule is O=C(NC(CO)C(O)c1ccc([N+](=O)[O-])cc1)c1ccn(COc2ccc(-c3ccccc3)cc2)n1. The second-order valence-electron chi connectivity index (χ2n) is 7.96.